The number of nitro groups is 1. The van der Waals surface area contributed by atoms with E-state index in [1.807, 2.05) is 4.90 Å². The van der Waals surface area contributed by atoms with Gasteiger partial charge in [0.25, 0.3) is 5.69 Å². The summed E-state index contributed by atoms with van der Waals surface area (Å²) in [5, 5.41) is 10.6. The third-order valence-electron chi connectivity index (χ3n) is 3.76. The van der Waals surface area contributed by atoms with Crippen molar-refractivity contribution in [2.45, 2.75) is 12.8 Å². The van der Waals surface area contributed by atoms with Crippen LogP contribution in [-0.2, 0) is 4.79 Å². The van der Waals surface area contributed by atoms with Gasteiger partial charge in [-0.05, 0) is 38.1 Å². The molecule has 21 heavy (non-hydrogen) atoms. The molecule has 0 saturated carbocycles. The molecule has 2 rings (SSSR count). The van der Waals surface area contributed by atoms with Crippen molar-refractivity contribution in [2.24, 2.45) is 11.7 Å². The number of non-ortho nitro benzene ring substituents is 1. The zero-order chi connectivity index (χ0) is 15.4. The lowest BCUT2D eigenvalue weighted by atomic mass is 9.96. The van der Waals surface area contributed by atoms with Gasteiger partial charge in [-0.25, -0.2) is 0 Å². The summed E-state index contributed by atoms with van der Waals surface area (Å²) in [5.74, 6) is -0.463. The molecule has 0 radical (unpaired) electrons. The van der Waals surface area contributed by atoms with Gasteiger partial charge in [0.1, 0.15) is 0 Å². The first-order valence-corrected chi connectivity index (χ1v) is 6.76. The SMILES string of the molecule is NC(=O)C1CCN(CC(=O)c2ccc([N+](=O)[O-])cc2)CC1. The Kier molecular flexibility index (Phi) is 4.64. The van der Waals surface area contributed by atoms with E-state index in [9.17, 15) is 19.7 Å². The lowest BCUT2D eigenvalue weighted by Gasteiger charge is -2.29. The summed E-state index contributed by atoms with van der Waals surface area (Å²) < 4.78 is 0. The highest BCUT2D eigenvalue weighted by molar-refractivity contribution is 5.97. The lowest BCUT2D eigenvalue weighted by Crippen LogP contribution is -2.40. The van der Waals surface area contributed by atoms with E-state index >= 15 is 0 Å². The van der Waals surface area contributed by atoms with Gasteiger partial charge in [0.2, 0.25) is 5.91 Å². The number of amides is 1. The van der Waals surface area contributed by atoms with Crippen LogP contribution in [0.4, 0.5) is 5.69 Å². The molecule has 7 heteroatoms. The minimum absolute atomic E-state index is 0.0335. The fraction of sp³-hybridized carbons (Fsp3) is 0.429. The lowest BCUT2D eigenvalue weighted by molar-refractivity contribution is -0.384. The number of nitro benzene ring substituents is 1. The predicted molar refractivity (Wildman–Crippen MR) is 75.8 cm³/mol. The number of nitrogens with two attached hydrogens (primary N) is 1. The quantitative estimate of drug-likeness (QED) is 0.494. The van der Waals surface area contributed by atoms with Gasteiger partial charge in [-0.2, -0.15) is 0 Å². The molecule has 1 saturated heterocycles. The average Bonchev–Trinajstić information content (AvgIpc) is 2.47. The molecule has 112 valence electrons. The fourth-order valence-electron chi connectivity index (χ4n) is 2.44. The normalized spacial score (nSPS) is 16.6. The van der Waals surface area contributed by atoms with Crippen molar-refractivity contribution >= 4 is 17.4 Å². The van der Waals surface area contributed by atoms with Crippen LogP contribution in [0.15, 0.2) is 24.3 Å². The highest BCUT2D eigenvalue weighted by atomic mass is 16.6. The summed E-state index contributed by atoms with van der Waals surface area (Å²) in [7, 11) is 0. The molecule has 1 aromatic carbocycles. The number of hydrogen-bond acceptors (Lipinski definition) is 5. The second-order valence-corrected chi connectivity index (χ2v) is 5.18. The summed E-state index contributed by atoms with van der Waals surface area (Å²) in [4.78, 5) is 35.2. The maximum atomic E-state index is 12.1. The molecule has 1 heterocycles. The molecule has 7 nitrogen and oxygen atoms in total. The molecule has 1 fully saturated rings. The number of rotatable bonds is 5. The summed E-state index contributed by atoms with van der Waals surface area (Å²) in [6.45, 7) is 1.57. The Balaban J connectivity index is 1.90. The van der Waals surface area contributed by atoms with Crippen molar-refractivity contribution in [1.29, 1.82) is 0 Å². The number of ketones is 1. The monoisotopic (exact) mass is 291 g/mol. The number of carbonyl (C=O) groups is 2. The summed E-state index contributed by atoms with van der Waals surface area (Å²) in [6.07, 6.45) is 1.34. The van der Waals surface area contributed by atoms with E-state index in [2.05, 4.69) is 0 Å². The molecular weight excluding hydrogens is 274 g/mol. The first-order chi connectivity index (χ1) is 9.97. The number of piperidine rings is 1. The second-order valence-electron chi connectivity index (χ2n) is 5.18. The summed E-state index contributed by atoms with van der Waals surface area (Å²) >= 11 is 0. The van der Waals surface area contributed by atoms with Crippen molar-refractivity contribution in [3.8, 4) is 0 Å². The van der Waals surface area contributed by atoms with Crippen LogP contribution in [0, 0.1) is 16.0 Å². The van der Waals surface area contributed by atoms with E-state index in [1.54, 1.807) is 0 Å². The number of primary amides is 1. The molecule has 0 spiro atoms. The van der Waals surface area contributed by atoms with E-state index in [1.165, 1.54) is 24.3 Å². The van der Waals surface area contributed by atoms with E-state index in [-0.39, 0.29) is 29.8 Å². The van der Waals surface area contributed by atoms with Gasteiger partial charge in [-0.3, -0.25) is 24.6 Å². The van der Waals surface area contributed by atoms with Crippen LogP contribution in [0.25, 0.3) is 0 Å². The average molecular weight is 291 g/mol. The molecule has 0 bridgehead atoms. The Labute approximate surface area is 121 Å². The smallest absolute Gasteiger partial charge is 0.269 e. The van der Waals surface area contributed by atoms with Crippen LogP contribution in [0.1, 0.15) is 23.2 Å². The third-order valence-corrected chi connectivity index (χ3v) is 3.76. The Morgan fingerprint density at radius 2 is 1.81 bits per heavy atom. The second kappa shape index (κ2) is 6.45. The first-order valence-electron chi connectivity index (χ1n) is 6.76. The fourth-order valence-corrected chi connectivity index (χ4v) is 2.44. The van der Waals surface area contributed by atoms with E-state index in [0.717, 1.165) is 0 Å². The number of nitrogens with zero attached hydrogens (tertiary/aromatic N) is 2. The van der Waals surface area contributed by atoms with Crippen LogP contribution in [0.3, 0.4) is 0 Å². The van der Waals surface area contributed by atoms with Gasteiger partial charge in [0.15, 0.2) is 5.78 Å². The van der Waals surface area contributed by atoms with Crippen LogP contribution < -0.4 is 5.73 Å². The molecule has 1 aliphatic heterocycles. The van der Waals surface area contributed by atoms with Gasteiger partial charge in [-0.1, -0.05) is 0 Å². The number of hydrogen-bond donors (Lipinski definition) is 1. The van der Waals surface area contributed by atoms with E-state index in [4.69, 9.17) is 5.73 Å². The molecule has 1 aromatic rings. The topological polar surface area (TPSA) is 107 Å². The van der Waals surface area contributed by atoms with Crippen molar-refractivity contribution in [3.63, 3.8) is 0 Å². The Bertz CT molecular complexity index is 548. The third kappa shape index (κ3) is 3.85. The van der Waals surface area contributed by atoms with Crippen molar-refractivity contribution in [2.75, 3.05) is 19.6 Å². The van der Waals surface area contributed by atoms with Gasteiger partial charge in [0, 0.05) is 23.6 Å². The summed E-state index contributed by atoms with van der Waals surface area (Å²) in [5.41, 5.74) is 5.69. The predicted octanol–water partition coefficient (Wildman–Crippen LogP) is 0.975. The molecule has 0 atom stereocenters. The van der Waals surface area contributed by atoms with Crippen LogP contribution >= 0.6 is 0 Å². The number of Topliss-reactive ketones (excluding diaryl/α,β-unsaturated/α-hetero) is 1. The standard InChI is InChI=1S/C14H17N3O4/c15-14(19)11-5-7-16(8-6-11)9-13(18)10-1-3-12(4-2-10)17(20)21/h1-4,11H,5-9H2,(H2,15,19). The van der Waals surface area contributed by atoms with Crippen molar-refractivity contribution < 1.29 is 14.5 Å². The van der Waals surface area contributed by atoms with Gasteiger partial charge in [-0.15, -0.1) is 0 Å². The minimum Gasteiger partial charge on any atom is -0.369 e. The first kappa shape index (κ1) is 15.1. The van der Waals surface area contributed by atoms with Crippen LogP contribution in [-0.4, -0.2) is 41.1 Å². The van der Waals surface area contributed by atoms with Crippen molar-refractivity contribution in [1.82, 2.24) is 4.90 Å². The Morgan fingerprint density at radius 1 is 1.24 bits per heavy atom. The highest BCUT2D eigenvalue weighted by Crippen LogP contribution is 2.18. The maximum Gasteiger partial charge on any atom is 0.269 e. The number of benzene rings is 1. The zero-order valence-electron chi connectivity index (χ0n) is 11.5. The van der Waals surface area contributed by atoms with Crippen LogP contribution in [0.5, 0.6) is 0 Å². The largest absolute Gasteiger partial charge is 0.369 e. The summed E-state index contributed by atoms with van der Waals surface area (Å²) in [6, 6.07) is 5.59. The Morgan fingerprint density at radius 3 is 2.29 bits per heavy atom. The Hall–Kier alpha value is -2.28. The van der Waals surface area contributed by atoms with Crippen molar-refractivity contribution in [3.05, 3.63) is 39.9 Å². The highest BCUT2D eigenvalue weighted by Gasteiger charge is 2.24. The maximum absolute atomic E-state index is 12.1. The minimum atomic E-state index is -0.497. The molecule has 2 N–H and O–H groups in total. The van der Waals surface area contributed by atoms with E-state index in [0.29, 0.717) is 31.5 Å². The number of likely N-dealkylation sites (tertiary alicyclic amines) is 1. The molecule has 0 aliphatic carbocycles. The van der Waals surface area contributed by atoms with Gasteiger partial charge >= 0.3 is 0 Å². The molecule has 1 amide bonds. The zero-order valence-corrected chi connectivity index (χ0v) is 11.5. The molecule has 1 aliphatic rings. The van der Waals surface area contributed by atoms with Gasteiger partial charge < -0.3 is 5.73 Å². The van der Waals surface area contributed by atoms with Gasteiger partial charge in [0.05, 0.1) is 11.5 Å². The van der Waals surface area contributed by atoms with Crippen LogP contribution in [0.2, 0.25) is 0 Å². The molecule has 0 unspecified atom stereocenters. The number of carbonyl (C=O) groups excluding carboxylic acids is 2. The van der Waals surface area contributed by atoms with E-state index < -0.39 is 4.92 Å². The molecule has 0 aromatic heterocycles. The molecular formula is C14H17N3O4.